The van der Waals surface area contributed by atoms with E-state index in [1.165, 1.54) is 0 Å². The van der Waals surface area contributed by atoms with Crippen LogP contribution in [0.3, 0.4) is 0 Å². The van der Waals surface area contributed by atoms with Crippen LogP contribution in [0.4, 0.5) is 0 Å². The molecule has 0 radical (unpaired) electrons. The van der Waals surface area contributed by atoms with Crippen LogP contribution in [-0.2, 0) is 9.53 Å². The quantitative estimate of drug-likeness (QED) is 0.865. The number of benzene rings is 1. The fourth-order valence-corrected chi connectivity index (χ4v) is 5.15. The highest BCUT2D eigenvalue weighted by molar-refractivity contribution is 5.97. The standard InChI is InChI=1S/C22H28N4O3/c27-20-5-6-22(14-26(20)13-17-2-1-11-29-17)7-9-25(10-8-22)21(28)16-3-4-18-19(12-16)24-15-23-18/h3-4,12,15,17H,1-2,5-11,13-14H2,(H,23,24). The normalized spacial score (nSPS) is 24.6. The molecule has 2 aromatic rings. The van der Waals surface area contributed by atoms with Crippen molar-refractivity contribution in [3.05, 3.63) is 30.1 Å². The summed E-state index contributed by atoms with van der Waals surface area (Å²) in [6, 6.07) is 5.64. The first kappa shape index (κ1) is 18.6. The summed E-state index contributed by atoms with van der Waals surface area (Å²) < 4.78 is 5.75. The highest BCUT2D eigenvalue weighted by Crippen LogP contribution is 2.40. The second-order valence-corrected chi connectivity index (χ2v) is 8.84. The lowest BCUT2D eigenvalue weighted by atomic mass is 9.72. The van der Waals surface area contributed by atoms with E-state index in [0.29, 0.717) is 12.0 Å². The van der Waals surface area contributed by atoms with E-state index in [-0.39, 0.29) is 23.3 Å². The zero-order valence-electron chi connectivity index (χ0n) is 16.7. The molecule has 4 heterocycles. The summed E-state index contributed by atoms with van der Waals surface area (Å²) in [5.41, 5.74) is 2.62. The number of hydrogen-bond donors (Lipinski definition) is 1. The summed E-state index contributed by atoms with van der Waals surface area (Å²) in [6.45, 7) is 3.87. The van der Waals surface area contributed by atoms with Crippen molar-refractivity contribution >= 4 is 22.8 Å². The molecule has 0 bridgehead atoms. The third-order valence-electron chi connectivity index (χ3n) is 6.97. The monoisotopic (exact) mass is 396 g/mol. The number of nitrogens with one attached hydrogen (secondary N) is 1. The molecule has 1 atom stereocenters. The Labute approximate surface area is 170 Å². The van der Waals surface area contributed by atoms with Crippen LogP contribution in [-0.4, -0.2) is 70.5 Å². The van der Waals surface area contributed by atoms with Gasteiger partial charge >= 0.3 is 0 Å². The van der Waals surface area contributed by atoms with Gasteiger partial charge in [0.25, 0.3) is 5.91 Å². The van der Waals surface area contributed by atoms with Gasteiger partial charge in [-0.1, -0.05) is 0 Å². The van der Waals surface area contributed by atoms with Crippen LogP contribution < -0.4 is 0 Å². The predicted octanol–water partition coefficient (Wildman–Crippen LogP) is 2.59. The van der Waals surface area contributed by atoms with Gasteiger partial charge in [-0.15, -0.1) is 0 Å². The van der Waals surface area contributed by atoms with Gasteiger partial charge in [-0.25, -0.2) is 4.98 Å². The van der Waals surface area contributed by atoms with Gasteiger partial charge in [0.1, 0.15) is 0 Å². The van der Waals surface area contributed by atoms with Crippen LogP contribution in [0.15, 0.2) is 24.5 Å². The molecule has 5 rings (SSSR count). The maximum Gasteiger partial charge on any atom is 0.253 e. The van der Waals surface area contributed by atoms with Crippen LogP contribution in [0, 0.1) is 5.41 Å². The minimum Gasteiger partial charge on any atom is -0.376 e. The number of carbonyl (C=O) groups excluding carboxylic acids is 2. The molecule has 3 aliphatic heterocycles. The highest BCUT2D eigenvalue weighted by atomic mass is 16.5. The lowest BCUT2D eigenvalue weighted by Crippen LogP contribution is -2.53. The second kappa shape index (κ2) is 7.44. The van der Waals surface area contributed by atoms with Crippen LogP contribution in [0.2, 0.25) is 0 Å². The Balaban J connectivity index is 1.23. The number of piperidine rings is 2. The van der Waals surface area contributed by atoms with Crippen molar-refractivity contribution in [2.75, 3.05) is 32.8 Å². The topological polar surface area (TPSA) is 78.5 Å². The third-order valence-corrected chi connectivity index (χ3v) is 6.97. The van der Waals surface area contributed by atoms with E-state index < -0.39 is 0 Å². The summed E-state index contributed by atoms with van der Waals surface area (Å²) in [6.07, 6.45) is 7.48. The molecule has 0 aliphatic carbocycles. The number of aromatic amines is 1. The number of amides is 2. The molecule has 1 aromatic carbocycles. The van der Waals surface area contributed by atoms with Crippen molar-refractivity contribution < 1.29 is 14.3 Å². The van der Waals surface area contributed by atoms with Gasteiger partial charge in [0.05, 0.1) is 23.5 Å². The minimum atomic E-state index is 0.0828. The molecular formula is C22H28N4O3. The number of aromatic nitrogens is 2. The smallest absolute Gasteiger partial charge is 0.253 e. The summed E-state index contributed by atoms with van der Waals surface area (Å²) in [4.78, 5) is 36.7. The van der Waals surface area contributed by atoms with Crippen LogP contribution in [0.5, 0.6) is 0 Å². The first-order valence-electron chi connectivity index (χ1n) is 10.7. The van der Waals surface area contributed by atoms with Crippen LogP contribution in [0.25, 0.3) is 11.0 Å². The van der Waals surface area contributed by atoms with E-state index in [1.807, 2.05) is 28.0 Å². The zero-order valence-corrected chi connectivity index (χ0v) is 16.7. The van der Waals surface area contributed by atoms with Crippen molar-refractivity contribution in [1.82, 2.24) is 19.8 Å². The molecule has 3 aliphatic rings. The second-order valence-electron chi connectivity index (χ2n) is 8.84. The number of imidazole rings is 1. The van der Waals surface area contributed by atoms with Gasteiger partial charge in [-0.2, -0.15) is 0 Å². The first-order chi connectivity index (χ1) is 14.1. The Morgan fingerprint density at radius 2 is 2.14 bits per heavy atom. The van der Waals surface area contributed by atoms with Crippen molar-refractivity contribution in [3.63, 3.8) is 0 Å². The summed E-state index contributed by atoms with van der Waals surface area (Å²) in [7, 11) is 0. The highest BCUT2D eigenvalue weighted by Gasteiger charge is 2.42. The number of H-pyrrole nitrogens is 1. The number of hydrogen-bond acceptors (Lipinski definition) is 4. The summed E-state index contributed by atoms with van der Waals surface area (Å²) in [5, 5.41) is 0. The van der Waals surface area contributed by atoms with E-state index in [9.17, 15) is 9.59 Å². The molecule has 3 saturated heterocycles. The molecule has 154 valence electrons. The van der Waals surface area contributed by atoms with E-state index >= 15 is 0 Å². The third kappa shape index (κ3) is 3.64. The fraction of sp³-hybridized carbons (Fsp3) is 0.591. The van der Waals surface area contributed by atoms with E-state index in [0.717, 1.165) is 75.9 Å². The Kier molecular flexibility index (Phi) is 4.78. The maximum absolute atomic E-state index is 13.0. The zero-order chi connectivity index (χ0) is 19.8. The van der Waals surface area contributed by atoms with Crippen molar-refractivity contribution in [1.29, 1.82) is 0 Å². The molecule has 7 nitrogen and oxygen atoms in total. The average molecular weight is 396 g/mol. The Morgan fingerprint density at radius 1 is 1.28 bits per heavy atom. The number of ether oxygens (including phenoxy) is 1. The Hall–Kier alpha value is -2.41. The number of nitrogens with zero attached hydrogens (tertiary/aromatic N) is 3. The number of likely N-dealkylation sites (tertiary alicyclic amines) is 2. The first-order valence-corrected chi connectivity index (χ1v) is 10.7. The van der Waals surface area contributed by atoms with E-state index in [2.05, 4.69) is 9.97 Å². The van der Waals surface area contributed by atoms with E-state index in [4.69, 9.17) is 4.74 Å². The van der Waals surface area contributed by atoms with Gasteiger partial charge in [-0.3, -0.25) is 9.59 Å². The molecule has 1 spiro atoms. The number of rotatable bonds is 3. The Morgan fingerprint density at radius 3 is 2.93 bits per heavy atom. The molecule has 2 amide bonds. The van der Waals surface area contributed by atoms with Crippen molar-refractivity contribution in [3.8, 4) is 0 Å². The van der Waals surface area contributed by atoms with Gasteiger partial charge < -0.3 is 19.5 Å². The lowest BCUT2D eigenvalue weighted by Gasteiger charge is -2.47. The fourth-order valence-electron chi connectivity index (χ4n) is 5.15. The molecule has 1 unspecified atom stereocenters. The average Bonchev–Trinajstić information content (AvgIpc) is 3.42. The summed E-state index contributed by atoms with van der Waals surface area (Å²) in [5.74, 6) is 0.344. The number of carbonyl (C=O) groups is 2. The molecule has 7 heteroatoms. The van der Waals surface area contributed by atoms with Gasteiger partial charge in [-0.05, 0) is 55.7 Å². The predicted molar refractivity (Wildman–Crippen MR) is 108 cm³/mol. The largest absolute Gasteiger partial charge is 0.376 e. The van der Waals surface area contributed by atoms with Gasteiger partial charge in [0, 0.05) is 44.8 Å². The minimum absolute atomic E-state index is 0.0828. The van der Waals surface area contributed by atoms with Crippen molar-refractivity contribution in [2.45, 2.75) is 44.6 Å². The van der Waals surface area contributed by atoms with E-state index in [1.54, 1.807) is 6.33 Å². The molecule has 1 N–H and O–H groups in total. The maximum atomic E-state index is 13.0. The molecule has 29 heavy (non-hydrogen) atoms. The Bertz CT molecular complexity index is 910. The van der Waals surface area contributed by atoms with Crippen LogP contribution in [0.1, 0.15) is 48.9 Å². The van der Waals surface area contributed by atoms with Gasteiger partial charge in [0.15, 0.2) is 0 Å². The molecule has 1 aromatic heterocycles. The SMILES string of the molecule is O=C1CCC2(CCN(C(=O)c3ccc4nc[nH]c4c3)CC2)CN1CC1CCCO1. The number of fused-ring (bicyclic) bond motifs is 1. The molecular weight excluding hydrogens is 368 g/mol. The molecule has 0 saturated carbocycles. The van der Waals surface area contributed by atoms with Crippen LogP contribution >= 0.6 is 0 Å². The van der Waals surface area contributed by atoms with Crippen molar-refractivity contribution in [2.24, 2.45) is 5.41 Å². The summed E-state index contributed by atoms with van der Waals surface area (Å²) >= 11 is 0. The molecule has 3 fully saturated rings. The van der Waals surface area contributed by atoms with Gasteiger partial charge in [0.2, 0.25) is 5.91 Å². The lowest BCUT2D eigenvalue weighted by molar-refractivity contribution is -0.141.